The molecule has 2 aliphatic rings. The molecule has 1 amide bonds. The lowest BCUT2D eigenvalue weighted by Gasteiger charge is -2.29. The molecule has 1 N–H and O–H groups in total. The number of aliphatic imine (C=N–C) groups is 1. The summed E-state index contributed by atoms with van der Waals surface area (Å²) in [6.07, 6.45) is 5.16. The number of hydrogen-bond acceptors (Lipinski definition) is 4. The third-order valence-electron chi connectivity index (χ3n) is 6.19. The van der Waals surface area contributed by atoms with Gasteiger partial charge in [0, 0.05) is 22.7 Å². The fourth-order valence-electron chi connectivity index (χ4n) is 4.63. The standard InChI is InChI=1S/C26H30N2O3/c1-26(2)16-19-11-12-21(31-3)14-22(19)23(28-26)15-24(29)18-9-6-10-20(13-18)27-25(30)17-7-4-5-8-17/h6,9-14,17H,4-5,7-8,15-16H2,1-3H3,(H,27,30). The molecular weight excluding hydrogens is 388 g/mol. The van der Waals surface area contributed by atoms with Crippen LogP contribution in [0.3, 0.4) is 0 Å². The summed E-state index contributed by atoms with van der Waals surface area (Å²) >= 11 is 0. The lowest BCUT2D eigenvalue weighted by Crippen LogP contribution is -2.30. The number of methoxy groups -OCH3 is 1. The minimum Gasteiger partial charge on any atom is -0.497 e. The normalized spacial score (nSPS) is 17.6. The largest absolute Gasteiger partial charge is 0.497 e. The van der Waals surface area contributed by atoms with Crippen molar-refractivity contribution in [2.75, 3.05) is 12.4 Å². The molecule has 1 aliphatic heterocycles. The van der Waals surface area contributed by atoms with E-state index in [1.165, 1.54) is 5.56 Å². The van der Waals surface area contributed by atoms with Crippen molar-refractivity contribution in [2.24, 2.45) is 10.9 Å². The van der Waals surface area contributed by atoms with Crippen LogP contribution in [0.2, 0.25) is 0 Å². The van der Waals surface area contributed by atoms with Crippen LogP contribution in [0, 0.1) is 5.92 Å². The van der Waals surface area contributed by atoms with Gasteiger partial charge in [0.05, 0.1) is 24.8 Å². The van der Waals surface area contributed by atoms with Crippen molar-refractivity contribution < 1.29 is 14.3 Å². The Labute approximate surface area is 183 Å². The number of ether oxygens (including phenoxy) is 1. The van der Waals surface area contributed by atoms with Crippen LogP contribution in [0.15, 0.2) is 47.5 Å². The molecule has 0 radical (unpaired) electrons. The maximum Gasteiger partial charge on any atom is 0.227 e. The number of benzene rings is 2. The zero-order valence-electron chi connectivity index (χ0n) is 18.5. The van der Waals surface area contributed by atoms with Crippen LogP contribution >= 0.6 is 0 Å². The third-order valence-corrected chi connectivity index (χ3v) is 6.19. The number of nitrogens with zero attached hydrogens (tertiary/aromatic N) is 1. The first-order chi connectivity index (χ1) is 14.8. The number of fused-ring (bicyclic) bond motifs is 1. The minimum absolute atomic E-state index is 0.0119. The second-order valence-corrected chi connectivity index (χ2v) is 9.22. The second kappa shape index (κ2) is 8.66. The summed E-state index contributed by atoms with van der Waals surface area (Å²) in [5, 5.41) is 2.99. The van der Waals surface area contributed by atoms with E-state index >= 15 is 0 Å². The summed E-state index contributed by atoms with van der Waals surface area (Å²) in [6, 6.07) is 13.2. The SMILES string of the molecule is COc1ccc2c(c1)C(CC(=O)c1cccc(NC(=O)C3CCCC3)c1)=NC(C)(C)C2. The van der Waals surface area contributed by atoms with Crippen molar-refractivity contribution >= 4 is 23.1 Å². The first-order valence-corrected chi connectivity index (χ1v) is 11.0. The predicted molar refractivity (Wildman–Crippen MR) is 123 cm³/mol. The molecule has 5 heteroatoms. The van der Waals surface area contributed by atoms with E-state index in [0.29, 0.717) is 11.3 Å². The van der Waals surface area contributed by atoms with Gasteiger partial charge in [-0.05, 0) is 62.9 Å². The molecule has 0 unspecified atom stereocenters. The Morgan fingerprint density at radius 1 is 1.13 bits per heavy atom. The molecule has 1 saturated carbocycles. The number of hydrogen-bond donors (Lipinski definition) is 1. The first-order valence-electron chi connectivity index (χ1n) is 11.0. The predicted octanol–water partition coefficient (Wildman–Crippen LogP) is 5.22. The molecule has 0 bridgehead atoms. The fourth-order valence-corrected chi connectivity index (χ4v) is 4.63. The van der Waals surface area contributed by atoms with Crippen molar-refractivity contribution in [1.82, 2.24) is 0 Å². The van der Waals surface area contributed by atoms with Crippen LogP contribution in [0.25, 0.3) is 0 Å². The van der Waals surface area contributed by atoms with Crippen LogP contribution in [0.1, 0.15) is 67.4 Å². The molecule has 31 heavy (non-hydrogen) atoms. The Balaban J connectivity index is 1.54. The Bertz CT molecular complexity index is 1030. The summed E-state index contributed by atoms with van der Waals surface area (Å²) < 4.78 is 5.38. The molecular formula is C26H30N2O3. The molecule has 1 aliphatic carbocycles. The van der Waals surface area contributed by atoms with E-state index in [1.54, 1.807) is 19.2 Å². The molecule has 1 fully saturated rings. The molecule has 0 spiro atoms. The first kappa shape index (κ1) is 21.3. The van der Waals surface area contributed by atoms with E-state index < -0.39 is 0 Å². The summed E-state index contributed by atoms with van der Waals surface area (Å²) in [4.78, 5) is 30.5. The lowest BCUT2D eigenvalue weighted by molar-refractivity contribution is -0.119. The quantitative estimate of drug-likeness (QED) is 0.654. The van der Waals surface area contributed by atoms with E-state index in [2.05, 4.69) is 25.2 Å². The van der Waals surface area contributed by atoms with Crippen LogP contribution < -0.4 is 10.1 Å². The summed E-state index contributed by atoms with van der Waals surface area (Å²) in [5.41, 5.74) is 3.96. The van der Waals surface area contributed by atoms with Gasteiger partial charge in [0.2, 0.25) is 5.91 Å². The Hall–Kier alpha value is -2.95. The van der Waals surface area contributed by atoms with E-state index in [-0.39, 0.29) is 29.6 Å². The van der Waals surface area contributed by atoms with Crippen molar-refractivity contribution in [3.8, 4) is 5.75 Å². The molecule has 1 heterocycles. The number of rotatable bonds is 6. The molecule has 5 nitrogen and oxygen atoms in total. The number of Topliss-reactive ketones (excluding diaryl/α,β-unsaturated/α-hetero) is 1. The third kappa shape index (κ3) is 4.87. The van der Waals surface area contributed by atoms with Gasteiger partial charge in [-0.3, -0.25) is 14.6 Å². The van der Waals surface area contributed by atoms with Crippen molar-refractivity contribution in [3.05, 3.63) is 59.2 Å². The van der Waals surface area contributed by atoms with Crippen LogP contribution in [-0.2, 0) is 11.2 Å². The van der Waals surface area contributed by atoms with Gasteiger partial charge in [-0.25, -0.2) is 0 Å². The topological polar surface area (TPSA) is 67.8 Å². The van der Waals surface area contributed by atoms with Crippen molar-refractivity contribution in [3.63, 3.8) is 0 Å². The number of amides is 1. The molecule has 0 aromatic heterocycles. The van der Waals surface area contributed by atoms with Gasteiger partial charge in [-0.15, -0.1) is 0 Å². The van der Waals surface area contributed by atoms with Crippen LogP contribution in [0.4, 0.5) is 5.69 Å². The zero-order valence-corrected chi connectivity index (χ0v) is 18.5. The average molecular weight is 419 g/mol. The second-order valence-electron chi connectivity index (χ2n) is 9.22. The Morgan fingerprint density at radius 2 is 1.90 bits per heavy atom. The Morgan fingerprint density at radius 3 is 2.65 bits per heavy atom. The van der Waals surface area contributed by atoms with E-state index in [0.717, 1.165) is 49.1 Å². The lowest BCUT2D eigenvalue weighted by atomic mass is 9.85. The molecule has 2 aromatic carbocycles. The molecule has 0 saturated heterocycles. The maximum absolute atomic E-state index is 13.2. The number of ketones is 1. The highest BCUT2D eigenvalue weighted by molar-refractivity contribution is 6.17. The summed E-state index contributed by atoms with van der Waals surface area (Å²) in [5.74, 6) is 0.892. The van der Waals surface area contributed by atoms with Gasteiger partial charge >= 0.3 is 0 Å². The van der Waals surface area contributed by atoms with Gasteiger partial charge in [-0.2, -0.15) is 0 Å². The van der Waals surface area contributed by atoms with Crippen molar-refractivity contribution in [2.45, 2.75) is 57.9 Å². The highest BCUT2D eigenvalue weighted by atomic mass is 16.5. The maximum atomic E-state index is 13.2. The smallest absolute Gasteiger partial charge is 0.227 e. The number of carbonyl (C=O) groups is 2. The van der Waals surface area contributed by atoms with E-state index in [9.17, 15) is 9.59 Å². The highest BCUT2D eigenvalue weighted by Crippen LogP contribution is 2.31. The van der Waals surface area contributed by atoms with Gasteiger partial charge in [-0.1, -0.05) is 31.0 Å². The highest BCUT2D eigenvalue weighted by Gasteiger charge is 2.28. The number of anilines is 1. The van der Waals surface area contributed by atoms with Gasteiger partial charge in [0.15, 0.2) is 5.78 Å². The number of nitrogens with one attached hydrogen (secondary N) is 1. The fraction of sp³-hybridized carbons (Fsp3) is 0.423. The number of carbonyl (C=O) groups excluding carboxylic acids is 2. The zero-order chi connectivity index (χ0) is 22.0. The monoisotopic (exact) mass is 418 g/mol. The van der Waals surface area contributed by atoms with Gasteiger partial charge in [0.25, 0.3) is 0 Å². The summed E-state index contributed by atoms with van der Waals surface area (Å²) in [6.45, 7) is 4.17. The van der Waals surface area contributed by atoms with Crippen LogP contribution in [-0.4, -0.2) is 30.1 Å². The van der Waals surface area contributed by atoms with E-state index in [1.807, 2.05) is 24.3 Å². The van der Waals surface area contributed by atoms with Crippen LogP contribution in [0.5, 0.6) is 5.75 Å². The van der Waals surface area contributed by atoms with Gasteiger partial charge < -0.3 is 10.1 Å². The Kier molecular flexibility index (Phi) is 5.94. The molecule has 4 rings (SSSR count). The van der Waals surface area contributed by atoms with E-state index in [4.69, 9.17) is 9.73 Å². The minimum atomic E-state index is -0.256. The molecule has 2 aromatic rings. The summed E-state index contributed by atoms with van der Waals surface area (Å²) in [7, 11) is 1.64. The molecule has 0 atom stereocenters. The molecule has 162 valence electrons. The average Bonchev–Trinajstić information content (AvgIpc) is 3.28. The van der Waals surface area contributed by atoms with Crippen molar-refractivity contribution in [1.29, 1.82) is 0 Å². The van der Waals surface area contributed by atoms with Gasteiger partial charge in [0.1, 0.15) is 5.75 Å².